The van der Waals surface area contributed by atoms with Crippen LogP contribution in [0.5, 0.6) is 0 Å². The Labute approximate surface area is 128 Å². The lowest BCUT2D eigenvalue weighted by Gasteiger charge is -2.35. The van der Waals surface area contributed by atoms with Crippen molar-refractivity contribution in [2.24, 2.45) is 17.6 Å². The first kappa shape index (κ1) is 16.7. The maximum atomic E-state index is 12.4. The van der Waals surface area contributed by atoms with Crippen molar-refractivity contribution in [1.29, 1.82) is 0 Å². The summed E-state index contributed by atoms with van der Waals surface area (Å²) in [6, 6.07) is -0.115. The van der Waals surface area contributed by atoms with Crippen molar-refractivity contribution in [2.45, 2.75) is 38.6 Å². The highest BCUT2D eigenvalue weighted by molar-refractivity contribution is 5.80. The third-order valence-corrected chi connectivity index (χ3v) is 4.83. The fraction of sp³-hybridized carbons (Fsp3) is 0.938. The van der Waals surface area contributed by atoms with Gasteiger partial charge in [0.25, 0.3) is 0 Å². The molecular formula is C16H31N3O2. The number of hydrogen-bond donors (Lipinski definition) is 1. The standard InChI is InChI=1S/C16H31N3O2/c1-3-4-7-18(2)10-13-5-8-19(9-6-13)16(20)14-11-21-12-15(14)17/h13-15H,3-12,17H2,1-2H3. The van der Waals surface area contributed by atoms with Gasteiger partial charge in [0.15, 0.2) is 0 Å². The van der Waals surface area contributed by atoms with Crippen LogP contribution in [0.15, 0.2) is 0 Å². The molecule has 5 heteroatoms. The topological polar surface area (TPSA) is 58.8 Å². The number of piperidine rings is 1. The minimum Gasteiger partial charge on any atom is -0.379 e. The number of unbranched alkanes of at least 4 members (excludes halogenated alkanes) is 1. The number of likely N-dealkylation sites (tertiary alicyclic amines) is 1. The maximum Gasteiger partial charge on any atom is 0.229 e. The van der Waals surface area contributed by atoms with Crippen molar-refractivity contribution in [1.82, 2.24) is 9.80 Å². The molecule has 21 heavy (non-hydrogen) atoms. The number of carbonyl (C=O) groups excluding carboxylic acids is 1. The third-order valence-electron chi connectivity index (χ3n) is 4.83. The minimum absolute atomic E-state index is 0.115. The molecule has 2 unspecified atom stereocenters. The normalized spacial score (nSPS) is 27.5. The van der Waals surface area contributed by atoms with E-state index in [1.54, 1.807) is 0 Å². The quantitative estimate of drug-likeness (QED) is 0.792. The molecule has 0 spiro atoms. The summed E-state index contributed by atoms with van der Waals surface area (Å²) in [5, 5.41) is 0. The second-order valence-corrected chi connectivity index (χ2v) is 6.69. The summed E-state index contributed by atoms with van der Waals surface area (Å²) in [6.45, 7) is 7.37. The van der Waals surface area contributed by atoms with E-state index in [9.17, 15) is 4.79 Å². The first-order valence-electron chi connectivity index (χ1n) is 8.42. The average Bonchev–Trinajstić information content (AvgIpc) is 2.91. The van der Waals surface area contributed by atoms with Crippen molar-refractivity contribution in [3.63, 3.8) is 0 Å². The van der Waals surface area contributed by atoms with Gasteiger partial charge in [0.2, 0.25) is 5.91 Å². The van der Waals surface area contributed by atoms with Gasteiger partial charge in [-0.2, -0.15) is 0 Å². The Hall–Kier alpha value is -0.650. The number of hydrogen-bond acceptors (Lipinski definition) is 4. The summed E-state index contributed by atoms with van der Waals surface area (Å²) in [5.74, 6) is 0.816. The van der Waals surface area contributed by atoms with Crippen LogP contribution < -0.4 is 5.73 Å². The summed E-state index contributed by atoms with van der Waals surface area (Å²) < 4.78 is 5.31. The predicted octanol–water partition coefficient (Wildman–Crippen LogP) is 0.931. The van der Waals surface area contributed by atoms with E-state index in [4.69, 9.17) is 10.5 Å². The fourth-order valence-electron chi connectivity index (χ4n) is 3.36. The second-order valence-electron chi connectivity index (χ2n) is 6.69. The van der Waals surface area contributed by atoms with Gasteiger partial charge < -0.3 is 20.3 Å². The number of ether oxygens (including phenoxy) is 1. The molecule has 2 saturated heterocycles. The molecule has 2 aliphatic rings. The van der Waals surface area contributed by atoms with E-state index in [0.717, 1.165) is 38.4 Å². The molecule has 0 aromatic carbocycles. The Bertz CT molecular complexity index is 329. The number of carbonyl (C=O) groups is 1. The first-order valence-corrected chi connectivity index (χ1v) is 8.42. The molecule has 2 heterocycles. The predicted molar refractivity (Wildman–Crippen MR) is 84.0 cm³/mol. The van der Waals surface area contributed by atoms with Crippen LogP contribution >= 0.6 is 0 Å². The van der Waals surface area contributed by atoms with Gasteiger partial charge >= 0.3 is 0 Å². The van der Waals surface area contributed by atoms with Gasteiger partial charge in [-0.3, -0.25) is 4.79 Å². The zero-order valence-corrected chi connectivity index (χ0v) is 13.6. The van der Waals surface area contributed by atoms with Crippen molar-refractivity contribution in [3.8, 4) is 0 Å². The Morgan fingerprint density at radius 2 is 2.05 bits per heavy atom. The molecule has 2 N–H and O–H groups in total. The van der Waals surface area contributed by atoms with Gasteiger partial charge in [0, 0.05) is 25.7 Å². The van der Waals surface area contributed by atoms with Gasteiger partial charge in [-0.25, -0.2) is 0 Å². The number of nitrogens with two attached hydrogens (primary N) is 1. The number of amides is 1. The van der Waals surface area contributed by atoms with E-state index < -0.39 is 0 Å². The highest BCUT2D eigenvalue weighted by atomic mass is 16.5. The van der Waals surface area contributed by atoms with Gasteiger partial charge in [-0.05, 0) is 38.8 Å². The van der Waals surface area contributed by atoms with Crippen LogP contribution in [0, 0.1) is 11.8 Å². The molecule has 2 fully saturated rings. The summed E-state index contributed by atoms with van der Waals surface area (Å²) in [4.78, 5) is 16.9. The molecular weight excluding hydrogens is 266 g/mol. The molecule has 0 radical (unpaired) electrons. The summed E-state index contributed by atoms with van der Waals surface area (Å²) in [6.07, 6.45) is 4.75. The zero-order valence-electron chi connectivity index (χ0n) is 13.6. The van der Waals surface area contributed by atoms with E-state index in [1.807, 2.05) is 4.90 Å². The monoisotopic (exact) mass is 297 g/mol. The van der Waals surface area contributed by atoms with Crippen molar-refractivity contribution in [3.05, 3.63) is 0 Å². The van der Waals surface area contributed by atoms with E-state index in [0.29, 0.717) is 13.2 Å². The van der Waals surface area contributed by atoms with E-state index in [-0.39, 0.29) is 17.9 Å². The molecule has 2 atom stereocenters. The average molecular weight is 297 g/mol. The van der Waals surface area contributed by atoms with Crippen LogP contribution in [0.25, 0.3) is 0 Å². The Balaban J connectivity index is 1.71. The highest BCUT2D eigenvalue weighted by Gasteiger charge is 2.35. The second kappa shape index (κ2) is 8.11. The van der Waals surface area contributed by atoms with Crippen LogP contribution in [0.4, 0.5) is 0 Å². The smallest absolute Gasteiger partial charge is 0.229 e. The lowest BCUT2D eigenvalue weighted by molar-refractivity contribution is -0.137. The van der Waals surface area contributed by atoms with Crippen LogP contribution in [0.1, 0.15) is 32.6 Å². The molecule has 2 aliphatic heterocycles. The van der Waals surface area contributed by atoms with Gasteiger partial charge in [0.05, 0.1) is 19.1 Å². The Morgan fingerprint density at radius 1 is 1.33 bits per heavy atom. The lowest BCUT2D eigenvalue weighted by atomic mass is 9.94. The van der Waals surface area contributed by atoms with Crippen LogP contribution in [0.2, 0.25) is 0 Å². The van der Waals surface area contributed by atoms with E-state index in [2.05, 4.69) is 18.9 Å². The van der Waals surface area contributed by atoms with Gasteiger partial charge in [-0.1, -0.05) is 13.3 Å². The third kappa shape index (κ3) is 4.66. The van der Waals surface area contributed by atoms with Crippen molar-refractivity contribution >= 4 is 5.91 Å². The van der Waals surface area contributed by atoms with Gasteiger partial charge in [-0.15, -0.1) is 0 Å². The molecule has 2 rings (SSSR count). The molecule has 122 valence electrons. The molecule has 0 bridgehead atoms. The SMILES string of the molecule is CCCCN(C)CC1CCN(C(=O)C2COCC2N)CC1. The van der Waals surface area contributed by atoms with Crippen LogP contribution in [-0.2, 0) is 9.53 Å². The fourth-order valence-corrected chi connectivity index (χ4v) is 3.36. The minimum atomic E-state index is -0.117. The largest absolute Gasteiger partial charge is 0.379 e. The number of nitrogens with zero attached hydrogens (tertiary/aromatic N) is 2. The molecule has 0 aromatic heterocycles. The number of rotatable bonds is 6. The Kier molecular flexibility index (Phi) is 6.45. The first-order chi connectivity index (χ1) is 10.1. The van der Waals surface area contributed by atoms with E-state index in [1.165, 1.54) is 19.4 Å². The van der Waals surface area contributed by atoms with Crippen LogP contribution in [0.3, 0.4) is 0 Å². The summed E-state index contributed by atoms with van der Waals surface area (Å²) >= 11 is 0. The van der Waals surface area contributed by atoms with Crippen molar-refractivity contribution in [2.75, 3.05) is 46.4 Å². The lowest BCUT2D eigenvalue weighted by Crippen LogP contribution is -2.47. The molecule has 0 aliphatic carbocycles. The molecule has 1 amide bonds. The van der Waals surface area contributed by atoms with Crippen LogP contribution in [-0.4, -0.2) is 68.2 Å². The molecule has 0 aromatic rings. The van der Waals surface area contributed by atoms with Gasteiger partial charge in [0.1, 0.15) is 0 Å². The van der Waals surface area contributed by atoms with E-state index >= 15 is 0 Å². The highest BCUT2D eigenvalue weighted by Crippen LogP contribution is 2.22. The molecule has 0 saturated carbocycles. The molecule has 5 nitrogen and oxygen atoms in total. The summed E-state index contributed by atoms with van der Waals surface area (Å²) in [5.41, 5.74) is 5.95. The van der Waals surface area contributed by atoms with Crippen molar-refractivity contribution < 1.29 is 9.53 Å². The maximum absolute atomic E-state index is 12.4. The zero-order chi connectivity index (χ0) is 15.2. The Morgan fingerprint density at radius 3 is 2.62 bits per heavy atom. The summed E-state index contributed by atoms with van der Waals surface area (Å²) in [7, 11) is 2.21.